The van der Waals surface area contributed by atoms with Crippen molar-refractivity contribution >= 4 is 23.8 Å². The van der Waals surface area contributed by atoms with Gasteiger partial charge in [-0.1, -0.05) is 36.4 Å². The van der Waals surface area contributed by atoms with Crippen LogP contribution in [0.15, 0.2) is 52.9 Å². The highest BCUT2D eigenvalue weighted by molar-refractivity contribution is 5.99. The summed E-state index contributed by atoms with van der Waals surface area (Å²) in [5.74, 6) is -4.38. The number of ketones is 1. The molecule has 5 amide bonds. The Hall–Kier alpha value is -5.24. The molecule has 300 valence electrons. The van der Waals surface area contributed by atoms with E-state index in [2.05, 4.69) is 14.6 Å². The minimum Gasteiger partial charge on any atom is -0.413 e. The number of halogens is 6. The fourth-order valence-electron chi connectivity index (χ4n) is 5.35. The SMILES string of the molecule is CCN(Cc1ccc(-c2nnc(C(F)(F)F)o2)cc1)C(=O)N1CCOCC1.CCN(Cc1ccc(C(=O)CNC(=O)C(F)(F)F)cc1)C(=O)N1CCOCC1. The number of hydrogen-bond acceptors (Lipinski definition) is 9. The van der Waals surface area contributed by atoms with Gasteiger partial charge in [-0.15, -0.1) is 10.2 Å². The Morgan fingerprint density at radius 2 is 1.16 bits per heavy atom. The lowest BCUT2D eigenvalue weighted by Crippen LogP contribution is -2.47. The minimum atomic E-state index is -5.03. The Bertz CT molecular complexity index is 1720. The van der Waals surface area contributed by atoms with Gasteiger partial charge in [0.25, 0.3) is 0 Å². The van der Waals surface area contributed by atoms with Crippen LogP contribution in [0.5, 0.6) is 0 Å². The van der Waals surface area contributed by atoms with Gasteiger partial charge in [0.2, 0.25) is 5.89 Å². The van der Waals surface area contributed by atoms with Crippen molar-refractivity contribution in [2.24, 2.45) is 0 Å². The first-order valence-electron chi connectivity index (χ1n) is 17.3. The first-order valence-corrected chi connectivity index (χ1v) is 17.3. The maximum absolute atomic E-state index is 12.6. The maximum Gasteiger partial charge on any atom is 0.471 e. The lowest BCUT2D eigenvalue weighted by Gasteiger charge is -2.32. The molecule has 2 aliphatic rings. The molecule has 55 heavy (non-hydrogen) atoms. The van der Waals surface area contributed by atoms with Crippen LogP contribution in [0.1, 0.15) is 41.2 Å². The van der Waals surface area contributed by atoms with E-state index < -0.39 is 36.5 Å². The number of amides is 5. The van der Waals surface area contributed by atoms with Crippen molar-refractivity contribution in [2.45, 2.75) is 39.3 Å². The zero-order valence-corrected chi connectivity index (χ0v) is 30.1. The molecule has 0 bridgehead atoms. The molecule has 0 spiro atoms. The number of rotatable bonds is 10. The topological polar surface area (TPSA) is 151 Å². The molecule has 1 N–H and O–H groups in total. The predicted molar refractivity (Wildman–Crippen MR) is 182 cm³/mol. The molecule has 0 atom stereocenters. The second kappa shape index (κ2) is 19.4. The van der Waals surface area contributed by atoms with E-state index in [0.717, 1.165) is 11.1 Å². The second-order valence-corrected chi connectivity index (χ2v) is 12.2. The summed E-state index contributed by atoms with van der Waals surface area (Å²) in [7, 11) is 0. The Morgan fingerprint density at radius 3 is 1.56 bits per heavy atom. The van der Waals surface area contributed by atoms with Crippen LogP contribution in [-0.2, 0) is 33.5 Å². The van der Waals surface area contributed by atoms with E-state index in [1.807, 2.05) is 13.8 Å². The van der Waals surface area contributed by atoms with Crippen LogP contribution in [-0.4, -0.2) is 132 Å². The van der Waals surface area contributed by atoms with Gasteiger partial charge in [0, 0.05) is 63.5 Å². The smallest absolute Gasteiger partial charge is 0.413 e. The molecular weight excluding hydrogens is 744 g/mol. The van der Waals surface area contributed by atoms with Gasteiger partial charge < -0.3 is 38.8 Å². The average Bonchev–Trinajstić information content (AvgIpc) is 3.70. The number of aromatic nitrogens is 2. The molecule has 0 saturated carbocycles. The number of urea groups is 2. The van der Waals surface area contributed by atoms with Crippen LogP contribution >= 0.6 is 0 Å². The lowest BCUT2D eigenvalue weighted by molar-refractivity contribution is -0.173. The predicted octanol–water partition coefficient (Wildman–Crippen LogP) is 4.85. The van der Waals surface area contributed by atoms with E-state index in [1.165, 1.54) is 12.1 Å². The van der Waals surface area contributed by atoms with E-state index in [-0.39, 0.29) is 23.5 Å². The largest absolute Gasteiger partial charge is 0.471 e. The highest BCUT2D eigenvalue weighted by atomic mass is 19.4. The van der Waals surface area contributed by atoms with Crippen molar-refractivity contribution in [1.82, 2.24) is 35.1 Å². The highest BCUT2D eigenvalue weighted by Gasteiger charge is 2.39. The van der Waals surface area contributed by atoms with E-state index in [4.69, 9.17) is 9.47 Å². The van der Waals surface area contributed by atoms with Crippen LogP contribution in [0.25, 0.3) is 11.5 Å². The number of carbonyl (C=O) groups excluding carboxylic acids is 4. The first-order chi connectivity index (χ1) is 26.1. The van der Waals surface area contributed by atoms with Crippen LogP contribution in [0.3, 0.4) is 0 Å². The molecule has 3 aromatic rings. The van der Waals surface area contributed by atoms with Crippen molar-refractivity contribution in [1.29, 1.82) is 0 Å². The van der Waals surface area contributed by atoms with E-state index >= 15 is 0 Å². The molecule has 0 unspecified atom stereocenters. The number of alkyl halides is 6. The molecular formula is C35H41F6N7O7. The summed E-state index contributed by atoms with van der Waals surface area (Å²) in [5.41, 5.74) is 2.18. The van der Waals surface area contributed by atoms with Gasteiger partial charge in [0.05, 0.1) is 33.0 Å². The number of benzene rings is 2. The fraction of sp³-hybridized carbons (Fsp3) is 0.486. The summed E-state index contributed by atoms with van der Waals surface area (Å²) >= 11 is 0. The van der Waals surface area contributed by atoms with E-state index in [0.29, 0.717) is 84.3 Å². The third-order valence-corrected chi connectivity index (χ3v) is 8.43. The number of hydrogen-bond donors (Lipinski definition) is 1. The molecule has 14 nitrogen and oxygen atoms in total. The average molecular weight is 786 g/mol. The van der Waals surface area contributed by atoms with Gasteiger partial charge >= 0.3 is 36.2 Å². The summed E-state index contributed by atoms with van der Waals surface area (Å²) in [4.78, 5) is 54.6. The van der Waals surface area contributed by atoms with Gasteiger partial charge in [-0.2, -0.15) is 26.3 Å². The summed E-state index contributed by atoms with van der Waals surface area (Å²) < 4.78 is 89.2. The Morgan fingerprint density at radius 1 is 0.709 bits per heavy atom. The van der Waals surface area contributed by atoms with Gasteiger partial charge in [-0.25, -0.2) is 9.59 Å². The molecule has 2 aromatic carbocycles. The quantitative estimate of drug-likeness (QED) is 0.225. The molecule has 5 rings (SSSR count). The monoisotopic (exact) mass is 785 g/mol. The fourth-order valence-corrected chi connectivity index (χ4v) is 5.35. The number of nitrogens with zero attached hydrogens (tertiary/aromatic N) is 6. The van der Waals surface area contributed by atoms with E-state index in [1.54, 1.807) is 61.3 Å². The maximum atomic E-state index is 12.6. The van der Waals surface area contributed by atoms with Gasteiger partial charge in [0.1, 0.15) is 0 Å². The van der Waals surface area contributed by atoms with Gasteiger partial charge in [-0.3, -0.25) is 9.59 Å². The molecule has 20 heteroatoms. The van der Waals surface area contributed by atoms with Crippen molar-refractivity contribution in [3.63, 3.8) is 0 Å². The first kappa shape index (κ1) is 42.5. The third kappa shape index (κ3) is 12.4. The molecule has 2 fully saturated rings. The van der Waals surface area contributed by atoms with Gasteiger partial charge in [0.15, 0.2) is 5.78 Å². The molecule has 0 aliphatic carbocycles. The van der Waals surface area contributed by atoms with Crippen LogP contribution in [0.2, 0.25) is 0 Å². The summed E-state index contributed by atoms with van der Waals surface area (Å²) in [6, 6.07) is 12.7. The summed E-state index contributed by atoms with van der Waals surface area (Å²) in [5, 5.41) is 7.99. The molecule has 2 saturated heterocycles. The van der Waals surface area contributed by atoms with Crippen LogP contribution in [0.4, 0.5) is 35.9 Å². The Labute approximate surface area is 312 Å². The van der Waals surface area contributed by atoms with Crippen molar-refractivity contribution < 1.29 is 59.4 Å². The Balaban J connectivity index is 0.000000245. The van der Waals surface area contributed by atoms with E-state index in [9.17, 15) is 45.5 Å². The van der Waals surface area contributed by atoms with Crippen molar-refractivity contribution in [3.05, 3.63) is 71.1 Å². The third-order valence-electron chi connectivity index (χ3n) is 8.43. The number of Topliss-reactive ketones (excluding diaryl/α,β-unsaturated/α-hetero) is 1. The zero-order valence-electron chi connectivity index (χ0n) is 30.1. The lowest BCUT2D eigenvalue weighted by atomic mass is 10.1. The second-order valence-electron chi connectivity index (χ2n) is 12.2. The normalized spacial score (nSPS) is 14.8. The van der Waals surface area contributed by atoms with Crippen molar-refractivity contribution in [3.8, 4) is 11.5 Å². The number of morpholine rings is 2. The molecule has 2 aliphatic heterocycles. The number of ether oxygens (including phenoxy) is 2. The van der Waals surface area contributed by atoms with Crippen LogP contribution in [0, 0.1) is 0 Å². The molecule has 1 aromatic heterocycles. The zero-order chi connectivity index (χ0) is 40.2. The summed E-state index contributed by atoms with van der Waals surface area (Å²) in [6.07, 6.45) is -9.70. The van der Waals surface area contributed by atoms with Crippen molar-refractivity contribution in [2.75, 3.05) is 72.2 Å². The Kier molecular flexibility index (Phi) is 15.0. The highest BCUT2D eigenvalue weighted by Crippen LogP contribution is 2.30. The summed E-state index contributed by atoms with van der Waals surface area (Å²) in [6.45, 7) is 9.05. The van der Waals surface area contributed by atoms with Crippen LogP contribution < -0.4 is 5.32 Å². The number of nitrogens with one attached hydrogen (secondary N) is 1. The standard InChI is InChI=1S/C18H22F3N3O4.C17H19F3N4O3/c1-2-23(17(27)24-7-9-28-10-8-24)12-13-3-5-14(6-4-13)15(25)11-22-16(26)18(19,20)21;1-2-23(16(25)24-7-9-26-10-8-24)11-12-3-5-13(6-4-12)14-21-22-15(27-14)17(18,19)20/h3-6H,2,7-12H2,1H3,(H,22,26);3-6H,2,7-11H2,1H3. The molecule has 0 radical (unpaired) electrons. The number of carbonyl (C=O) groups is 4. The minimum absolute atomic E-state index is 0.0587. The van der Waals surface area contributed by atoms with Gasteiger partial charge in [-0.05, 0) is 37.1 Å². The molecule has 3 heterocycles.